The topological polar surface area (TPSA) is 93.8 Å². The van der Waals surface area contributed by atoms with E-state index >= 15 is 0 Å². The Hall–Kier alpha value is -2.60. The Labute approximate surface area is 139 Å². The van der Waals surface area contributed by atoms with Crippen LogP contribution < -0.4 is 5.32 Å². The molecule has 6 heteroatoms. The molecule has 1 aliphatic carbocycles. The molecule has 3 aromatic rings. The van der Waals surface area contributed by atoms with Crippen LogP contribution in [0, 0.1) is 0 Å². The van der Waals surface area contributed by atoms with Gasteiger partial charge >= 0.3 is 0 Å². The Morgan fingerprint density at radius 1 is 1.25 bits per heavy atom. The van der Waals surface area contributed by atoms with Crippen molar-refractivity contribution >= 4 is 16.8 Å². The molecular formula is C18H20N4O2. The number of H-pyrrole nitrogens is 2. The number of aromatic amines is 2. The Kier molecular flexibility index (Phi) is 3.82. The number of aliphatic hydroxyl groups excluding tert-OH is 1. The van der Waals surface area contributed by atoms with Gasteiger partial charge in [-0.2, -0.15) is 5.10 Å². The third kappa shape index (κ3) is 2.49. The van der Waals surface area contributed by atoms with E-state index in [2.05, 4.69) is 20.5 Å². The van der Waals surface area contributed by atoms with Gasteiger partial charge in [0.1, 0.15) is 0 Å². The average Bonchev–Trinajstić information content (AvgIpc) is 3.21. The first kappa shape index (κ1) is 15.0. The van der Waals surface area contributed by atoms with Crippen LogP contribution in [0.4, 0.5) is 0 Å². The van der Waals surface area contributed by atoms with Gasteiger partial charge in [-0.3, -0.25) is 9.89 Å². The number of aliphatic hydroxyl groups is 1. The summed E-state index contributed by atoms with van der Waals surface area (Å²) >= 11 is 0. The SMILES string of the molecule is O=C(NCCCCO)c1ccc2c3c([nH]c2c1)-c1[nH]ncc1CC3. The molecule has 124 valence electrons. The molecule has 0 unspecified atom stereocenters. The smallest absolute Gasteiger partial charge is 0.251 e. The van der Waals surface area contributed by atoms with E-state index in [1.165, 1.54) is 16.5 Å². The summed E-state index contributed by atoms with van der Waals surface area (Å²) in [6.45, 7) is 0.738. The maximum atomic E-state index is 12.2. The number of carbonyl (C=O) groups is 1. The summed E-state index contributed by atoms with van der Waals surface area (Å²) < 4.78 is 0. The Morgan fingerprint density at radius 2 is 2.17 bits per heavy atom. The van der Waals surface area contributed by atoms with Gasteiger partial charge in [-0.1, -0.05) is 6.07 Å². The van der Waals surface area contributed by atoms with Crippen molar-refractivity contribution in [2.24, 2.45) is 0 Å². The third-order valence-corrected chi connectivity index (χ3v) is 4.65. The Balaban J connectivity index is 1.62. The number of aryl methyl sites for hydroxylation is 2. The average molecular weight is 324 g/mol. The standard InChI is InChI=1S/C18H20N4O2/c23-8-2-1-7-19-18(24)11-3-5-13-14-6-4-12-10-20-22-16(12)17(14)21-15(13)9-11/h3,5,9-10,21,23H,1-2,4,6-8H2,(H,19,24)(H,20,22). The number of fused-ring (bicyclic) bond motifs is 5. The summed E-state index contributed by atoms with van der Waals surface area (Å²) in [4.78, 5) is 15.7. The highest BCUT2D eigenvalue weighted by molar-refractivity contribution is 6.00. The molecule has 1 amide bonds. The van der Waals surface area contributed by atoms with Crippen LogP contribution in [0.25, 0.3) is 22.3 Å². The van der Waals surface area contributed by atoms with E-state index in [9.17, 15) is 4.79 Å². The van der Waals surface area contributed by atoms with E-state index in [1.807, 2.05) is 24.4 Å². The van der Waals surface area contributed by atoms with Gasteiger partial charge in [0.2, 0.25) is 0 Å². The molecule has 4 N–H and O–H groups in total. The molecule has 1 aliphatic rings. The summed E-state index contributed by atoms with van der Waals surface area (Å²) in [5.41, 5.74) is 6.29. The first-order valence-electron chi connectivity index (χ1n) is 8.34. The largest absolute Gasteiger partial charge is 0.396 e. The summed E-state index contributed by atoms with van der Waals surface area (Å²) in [7, 11) is 0. The number of nitrogens with zero attached hydrogens (tertiary/aromatic N) is 1. The third-order valence-electron chi connectivity index (χ3n) is 4.65. The van der Waals surface area contributed by atoms with Gasteiger partial charge in [0.05, 0.1) is 17.6 Å². The second-order valence-corrected chi connectivity index (χ2v) is 6.20. The molecule has 0 spiro atoms. The second-order valence-electron chi connectivity index (χ2n) is 6.20. The van der Waals surface area contributed by atoms with Crippen LogP contribution in [0.15, 0.2) is 24.4 Å². The summed E-state index contributed by atoms with van der Waals surface area (Å²) in [6.07, 6.45) is 5.33. The van der Waals surface area contributed by atoms with Crippen LogP contribution in [0.2, 0.25) is 0 Å². The lowest BCUT2D eigenvalue weighted by Crippen LogP contribution is -2.24. The molecule has 0 saturated carbocycles. The molecule has 0 radical (unpaired) electrons. The molecule has 4 rings (SSSR count). The van der Waals surface area contributed by atoms with E-state index in [-0.39, 0.29) is 12.5 Å². The fourth-order valence-corrected chi connectivity index (χ4v) is 3.39. The van der Waals surface area contributed by atoms with Gasteiger partial charge in [-0.15, -0.1) is 0 Å². The van der Waals surface area contributed by atoms with Gasteiger partial charge in [0.15, 0.2) is 0 Å². The minimum atomic E-state index is -0.0790. The van der Waals surface area contributed by atoms with Crippen LogP contribution in [0.1, 0.15) is 34.3 Å². The minimum Gasteiger partial charge on any atom is -0.396 e. The van der Waals surface area contributed by atoms with Crippen molar-refractivity contribution in [3.05, 3.63) is 41.1 Å². The maximum Gasteiger partial charge on any atom is 0.251 e. The first-order valence-corrected chi connectivity index (χ1v) is 8.34. The zero-order valence-corrected chi connectivity index (χ0v) is 13.4. The number of benzene rings is 1. The molecule has 6 nitrogen and oxygen atoms in total. The van der Waals surface area contributed by atoms with Gasteiger partial charge in [-0.05, 0) is 48.9 Å². The van der Waals surface area contributed by atoms with E-state index in [4.69, 9.17) is 5.11 Å². The predicted molar refractivity (Wildman–Crippen MR) is 91.9 cm³/mol. The van der Waals surface area contributed by atoms with Crippen molar-refractivity contribution in [2.45, 2.75) is 25.7 Å². The molecule has 1 aromatic carbocycles. The number of amides is 1. The highest BCUT2D eigenvalue weighted by Gasteiger charge is 2.22. The number of hydrogen-bond donors (Lipinski definition) is 4. The van der Waals surface area contributed by atoms with E-state index in [1.54, 1.807) is 0 Å². The van der Waals surface area contributed by atoms with Gasteiger partial charge in [0, 0.05) is 29.6 Å². The molecule has 0 fully saturated rings. The predicted octanol–water partition coefficient (Wildman–Crippen LogP) is 2.16. The molecule has 0 aliphatic heterocycles. The molecule has 0 bridgehead atoms. The lowest BCUT2D eigenvalue weighted by Gasteiger charge is -2.11. The minimum absolute atomic E-state index is 0.0790. The molecular weight excluding hydrogens is 304 g/mol. The second kappa shape index (κ2) is 6.13. The lowest BCUT2D eigenvalue weighted by molar-refractivity contribution is 0.0952. The molecule has 0 atom stereocenters. The molecule has 2 heterocycles. The highest BCUT2D eigenvalue weighted by atomic mass is 16.2. The number of aromatic nitrogens is 3. The van der Waals surface area contributed by atoms with Crippen LogP contribution in [0.3, 0.4) is 0 Å². The van der Waals surface area contributed by atoms with Crippen molar-refractivity contribution in [3.63, 3.8) is 0 Å². The highest BCUT2D eigenvalue weighted by Crippen LogP contribution is 2.36. The van der Waals surface area contributed by atoms with E-state index in [0.29, 0.717) is 18.5 Å². The van der Waals surface area contributed by atoms with Crippen molar-refractivity contribution in [1.82, 2.24) is 20.5 Å². The number of rotatable bonds is 5. The molecule has 0 saturated heterocycles. The zero-order valence-electron chi connectivity index (χ0n) is 13.4. The quantitative estimate of drug-likeness (QED) is 0.542. The molecule has 24 heavy (non-hydrogen) atoms. The lowest BCUT2D eigenvalue weighted by atomic mass is 9.94. The van der Waals surface area contributed by atoms with Crippen molar-refractivity contribution in [3.8, 4) is 11.4 Å². The first-order chi connectivity index (χ1) is 11.8. The van der Waals surface area contributed by atoms with Crippen LogP contribution in [-0.4, -0.2) is 39.3 Å². The van der Waals surface area contributed by atoms with Crippen LogP contribution in [-0.2, 0) is 12.8 Å². The maximum absolute atomic E-state index is 12.2. The summed E-state index contributed by atoms with van der Waals surface area (Å²) in [5.74, 6) is -0.0790. The van der Waals surface area contributed by atoms with Crippen molar-refractivity contribution < 1.29 is 9.90 Å². The molecule has 2 aromatic heterocycles. The van der Waals surface area contributed by atoms with E-state index < -0.39 is 0 Å². The summed E-state index contributed by atoms with van der Waals surface area (Å²) in [6, 6.07) is 5.81. The van der Waals surface area contributed by atoms with E-state index in [0.717, 1.165) is 36.2 Å². The number of hydrogen-bond acceptors (Lipinski definition) is 3. The fraction of sp³-hybridized carbons (Fsp3) is 0.333. The van der Waals surface area contributed by atoms with Gasteiger partial charge < -0.3 is 15.4 Å². The normalized spacial score (nSPS) is 12.9. The van der Waals surface area contributed by atoms with Crippen molar-refractivity contribution in [1.29, 1.82) is 0 Å². The number of carbonyl (C=O) groups excluding carboxylic acids is 1. The van der Waals surface area contributed by atoms with Gasteiger partial charge in [0.25, 0.3) is 5.91 Å². The fourth-order valence-electron chi connectivity index (χ4n) is 3.39. The number of unbranched alkanes of at least 4 members (excludes halogenated alkanes) is 1. The van der Waals surface area contributed by atoms with Crippen molar-refractivity contribution in [2.75, 3.05) is 13.2 Å². The van der Waals surface area contributed by atoms with Crippen LogP contribution in [0.5, 0.6) is 0 Å². The van der Waals surface area contributed by atoms with Crippen LogP contribution >= 0.6 is 0 Å². The number of nitrogens with one attached hydrogen (secondary N) is 3. The monoisotopic (exact) mass is 324 g/mol. The zero-order chi connectivity index (χ0) is 16.5. The Bertz CT molecular complexity index is 894. The Morgan fingerprint density at radius 3 is 3.04 bits per heavy atom. The summed E-state index contributed by atoms with van der Waals surface area (Å²) in [5, 5.41) is 20.0. The van der Waals surface area contributed by atoms with Gasteiger partial charge in [-0.25, -0.2) is 0 Å².